The number of thioether (sulfide) groups is 1. The Balaban J connectivity index is 1.76. The van der Waals surface area contributed by atoms with Gasteiger partial charge in [-0.25, -0.2) is 0 Å². The first-order valence-electron chi connectivity index (χ1n) is 8.43. The van der Waals surface area contributed by atoms with Crippen molar-refractivity contribution in [1.82, 2.24) is 15.8 Å². The summed E-state index contributed by atoms with van der Waals surface area (Å²) >= 11 is 12.5. The van der Waals surface area contributed by atoms with Gasteiger partial charge < -0.3 is 0 Å². The molecule has 0 atom stereocenters. The summed E-state index contributed by atoms with van der Waals surface area (Å²) in [6.45, 7) is 1.85. The van der Waals surface area contributed by atoms with Crippen LogP contribution in [0.2, 0.25) is 5.02 Å². The first kappa shape index (κ1) is 21.4. The van der Waals surface area contributed by atoms with Crippen LogP contribution in [0.15, 0.2) is 29.2 Å². The Labute approximate surface area is 172 Å². The third kappa shape index (κ3) is 6.97. The highest BCUT2D eigenvalue weighted by Gasteiger charge is 2.31. The quantitative estimate of drug-likeness (QED) is 0.303. The number of rotatable bonds is 7. The molecule has 2 N–H and O–H groups in total. The highest BCUT2D eigenvalue weighted by atomic mass is 35.5. The number of carbonyl (C=O) groups is 3. The third-order valence-corrected chi connectivity index (χ3v) is 5.33. The van der Waals surface area contributed by atoms with Crippen molar-refractivity contribution in [3.05, 3.63) is 39.8 Å². The fourth-order valence-corrected chi connectivity index (χ4v) is 3.79. The van der Waals surface area contributed by atoms with Gasteiger partial charge in [0.1, 0.15) is 4.32 Å². The normalized spacial score (nSPS) is 15.3. The number of benzene rings is 1. The summed E-state index contributed by atoms with van der Waals surface area (Å²) in [6.07, 6.45) is 4.31. The molecule has 1 saturated heterocycles. The number of unbranched alkanes of at least 4 members (excludes halogenated alkanes) is 2. The lowest BCUT2D eigenvalue weighted by atomic mass is 10.2. The Morgan fingerprint density at radius 2 is 1.89 bits per heavy atom. The minimum absolute atomic E-state index is 0.0941. The molecule has 1 aliphatic rings. The molecule has 9 heteroatoms. The van der Waals surface area contributed by atoms with E-state index in [1.165, 1.54) is 18.7 Å². The molecule has 0 saturated carbocycles. The predicted molar refractivity (Wildman–Crippen MR) is 112 cm³/mol. The molecule has 27 heavy (non-hydrogen) atoms. The van der Waals surface area contributed by atoms with Gasteiger partial charge in [0, 0.05) is 24.9 Å². The fourth-order valence-electron chi connectivity index (χ4n) is 2.36. The minimum Gasteiger partial charge on any atom is -0.293 e. The molecule has 1 aliphatic heterocycles. The van der Waals surface area contributed by atoms with Gasteiger partial charge in [-0.15, -0.1) is 0 Å². The Morgan fingerprint density at radius 1 is 1.19 bits per heavy atom. The molecule has 1 fully saturated rings. The lowest BCUT2D eigenvalue weighted by Gasteiger charge is -2.14. The van der Waals surface area contributed by atoms with Gasteiger partial charge in [0.05, 0.1) is 4.91 Å². The Hall–Kier alpha value is -1.90. The maximum absolute atomic E-state index is 12.5. The number of nitrogens with one attached hydrogen (secondary N) is 2. The maximum atomic E-state index is 12.5. The van der Waals surface area contributed by atoms with Crippen molar-refractivity contribution in [2.24, 2.45) is 0 Å². The molecule has 0 radical (unpaired) electrons. The molecule has 0 spiro atoms. The first-order valence-corrected chi connectivity index (χ1v) is 10.0. The summed E-state index contributed by atoms with van der Waals surface area (Å²) in [7, 11) is 0. The second-order valence-corrected chi connectivity index (χ2v) is 8.04. The van der Waals surface area contributed by atoms with E-state index in [4.69, 9.17) is 23.8 Å². The van der Waals surface area contributed by atoms with Crippen molar-refractivity contribution in [2.45, 2.75) is 32.6 Å². The van der Waals surface area contributed by atoms with Crippen molar-refractivity contribution >= 4 is 63.7 Å². The van der Waals surface area contributed by atoms with Gasteiger partial charge in [-0.1, -0.05) is 54.1 Å². The van der Waals surface area contributed by atoms with E-state index in [0.29, 0.717) is 33.6 Å². The summed E-state index contributed by atoms with van der Waals surface area (Å²) in [5.41, 5.74) is 5.46. The molecular formula is C18H20ClN3O3S2. The Kier molecular flexibility index (Phi) is 8.27. The van der Waals surface area contributed by atoms with E-state index in [2.05, 4.69) is 10.9 Å². The fraction of sp³-hybridized carbons (Fsp3) is 0.333. The number of halogens is 1. The number of nitrogens with zero attached hydrogens (tertiary/aromatic N) is 1. The van der Waals surface area contributed by atoms with Gasteiger partial charge in [-0.05, 0) is 36.6 Å². The second-order valence-electron chi connectivity index (χ2n) is 5.92. The van der Waals surface area contributed by atoms with Gasteiger partial charge in [-0.2, -0.15) is 0 Å². The van der Waals surface area contributed by atoms with Gasteiger partial charge >= 0.3 is 0 Å². The molecule has 2 rings (SSSR count). The zero-order valence-corrected chi connectivity index (χ0v) is 17.2. The zero-order chi connectivity index (χ0) is 19.8. The van der Waals surface area contributed by atoms with E-state index in [1.54, 1.807) is 17.0 Å². The zero-order valence-electron chi connectivity index (χ0n) is 14.8. The first-order chi connectivity index (χ1) is 12.9. The SMILES string of the molecule is CC(=O)NNC(=O)CCCCCN1C(=O)C(=Cc2ccc(Cl)cc2)SC1=S. The van der Waals surface area contributed by atoms with Gasteiger partial charge in [-0.3, -0.25) is 30.1 Å². The van der Waals surface area contributed by atoms with Gasteiger partial charge in [0.2, 0.25) is 11.8 Å². The van der Waals surface area contributed by atoms with E-state index in [9.17, 15) is 14.4 Å². The molecule has 1 heterocycles. The van der Waals surface area contributed by atoms with Crippen LogP contribution in [0.1, 0.15) is 38.2 Å². The van der Waals surface area contributed by atoms with E-state index in [0.717, 1.165) is 18.4 Å². The number of thiocarbonyl (C=S) groups is 1. The van der Waals surface area contributed by atoms with Gasteiger partial charge in [0.25, 0.3) is 5.91 Å². The standard InChI is InChI=1S/C18H20ClN3O3S2/c1-12(23)20-21-16(24)5-3-2-4-10-22-17(25)15(27-18(22)26)11-13-6-8-14(19)9-7-13/h6-9,11H,2-5,10H2,1H3,(H,20,23)(H,21,24). The summed E-state index contributed by atoms with van der Waals surface area (Å²) in [5, 5.41) is 0.644. The lowest BCUT2D eigenvalue weighted by Crippen LogP contribution is -2.40. The summed E-state index contributed by atoms with van der Waals surface area (Å²) < 4.78 is 0.545. The average Bonchev–Trinajstić information content (AvgIpc) is 2.88. The van der Waals surface area contributed by atoms with Crippen molar-refractivity contribution in [3.8, 4) is 0 Å². The monoisotopic (exact) mass is 425 g/mol. The molecule has 144 valence electrons. The Morgan fingerprint density at radius 3 is 2.56 bits per heavy atom. The highest BCUT2D eigenvalue weighted by Crippen LogP contribution is 2.32. The molecule has 0 unspecified atom stereocenters. The average molecular weight is 426 g/mol. The van der Waals surface area contributed by atoms with Gasteiger partial charge in [0.15, 0.2) is 0 Å². The van der Waals surface area contributed by atoms with Crippen LogP contribution in [0.4, 0.5) is 0 Å². The number of hydrogen-bond acceptors (Lipinski definition) is 5. The summed E-state index contributed by atoms with van der Waals surface area (Å²) in [6, 6.07) is 7.24. The van der Waals surface area contributed by atoms with Crippen molar-refractivity contribution < 1.29 is 14.4 Å². The van der Waals surface area contributed by atoms with Crippen LogP contribution in [0.25, 0.3) is 6.08 Å². The van der Waals surface area contributed by atoms with Crippen LogP contribution in [0, 0.1) is 0 Å². The van der Waals surface area contributed by atoms with E-state index in [-0.39, 0.29) is 17.7 Å². The Bertz CT molecular complexity index is 766. The van der Waals surface area contributed by atoms with Crippen molar-refractivity contribution in [1.29, 1.82) is 0 Å². The third-order valence-electron chi connectivity index (χ3n) is 3.70. The molecule has 1 aromatic rings. The van der Waals surface area contributed by atoms with E-state index < -0.39 is 0 Å². The number of hydrogen-bond donors (Lipinski definition) is 2. The molecule has 3 amide bonds. The van der Waals surface area contributed by atoms with E-state index >= 15 is 0 Å². The number of amides is 3. The lowest BCUT2D eigenvalue weighted by molar-refractivity contribution is -0.127. The summed E-state index contributed by atoms with van der Waals surface area (Å²) in [4.78, 5) is 36.9. The highest BCUT2D eigenvalue weighted by molar-refractivity contribution is 8.26. The van der Waals surface area contributed by atoms with Crippen LogP contribution >= 0.6 is 35.6 Å². The van der Waals surface area contributed by atoms with Crippen LogP contribution in [-0.2, 0) is 14.4 Å². The van der Waals surface area contributed by atoms with Crippen molar-refractivity contribution in [2.75, 3.05) is 6.54 Å². The topological polar surface area (TPSA) is 78.5 Å². The predicted octanol–water partition coefficient (Wildman–Crippen LogP) is 3.27. The van der Waals surface area contributed by atoms with Crippen LogP contribution in [0.5, 0.6) is 0 Å². The molecule has 0 bridgehead atoms. The van der Waals surface area contributed by atoms with E-state index in [1.807, 2.05) is 18.2 Å². The second kappa shape index (κ2) is 10.4. The smallest absolute Gasteiger partial charge is 0.266 e. The minimum atomic E-state index is -0.315. The molecule has 1 aromatic carbocycles. The number of carbonyl (C=O) groups excluding carboxylic acids is 3. The number of hydrazine groups is 1. The molecule has 6 nitrogen and oxygen atoms in total. The maximum Gasteiger partial charge on any atom is 0.266 e. The van der Waals surface area contributed by atoms with Crippen molar-refractivity contribution in [3.63, 3.8) is 0 Å². The van der Waals surface area contributed by atoms with Crippen LogP contribution < -0.4 is 10.9 Å². The summed E-state index contributed by atoms with van der Waals surface area (Å²) in [5.74, 6) is -0.644. The molecular weight excluding hydrogens is 406 g/mol. The largest absolute Gasteiger partial charge is 0.293 e. The molecule has 0 aliphatic carbocycles. The van der Waals surface area contributed by atoms with Crippen LogP contribution in [0.3, 0.4) is 0 Å². The van der Waals surface area contributed by atoms with Crippen LogP contribution in [-0.4, -0.2) is 33.5 Å². The molecule has 0 aromatic heterocycles.